The van der Waals surface area contributed by atoms with Gasteiger partial charge in [-0.2, -0.15) is 0 Å². The Hall–Kier alpha value is -3.40. The van der Waals surface area contributed by atoms with Crippen LogP contribution in [-0.2, 0) is 0 Å². The molecule has 30 heavy (non-hydrogen) atoms. The second-order valence-electron chi connectivity index (χ2n) is 6.35. The fourth-order valence-electron chi connectivity index (χ4n) is 3.01. The molecule has 0 unspecified atom stereocenters. The molecule has 154 valence electrons. The summed E-state index contributed by atoms with van der Waals surface area (Å²) in [7, 11) is 0. The van der Waals surface area contributed by atoms with Crippen LogP contribution in [0.1, 0.15) is 5.01 Å². The van der Waals surface area contributed by atoms with E-state index in [1.165, 1.54) is 40.5 Å². The van der Waals surface area contributed by atoms with Gasteiger partial charge in [-0.1, -0.05) is 6.07 Å². The number of hydrogen-bond acceptors (Lipinski definition) is 5. The van der Waals surface area contributed by atoms with Gasteiger partial charge in [0.15, 0.2) is 0 Å². The summed E-state index contributed by atoms with van der Waals surface area (Å²) in [6, 6.07) is 10.9. The van der Waals surface area contributed by atoms with Crippen molar-refractivity contribution in [1.29, 1.82) is 5.41 Å². The number of aliphatic hydroxyl groups is 1. The third-order valence-electron chi connectivity index (χ3n) is 4.32. The second kappa shape index (κ2) is 7.45. The van der Waals surface area contributed by atoms with Gasteiger partial charge in [-0.25, -0.2) is 9.37 Å². The molecule has 0 atom stereocenters. The molecular formula is C20H13F4N3O2S. The van der Waals surface area contributed by atoms with Gasteiger partial charge in [-0.15, -0.1) is 24.5 Å². The van der Waals surface area contributed by atoms with Crippen LogP contribution in [0.5, 0.6) is 5.75 Å². The van der Waals surface area contributed by atoms with Crippen LogP contribution in [-0.4, -0.2) is 28.8 Å². The van der Waals surface area contributed by atoms with Crippen molar-refractivity contribution in [2.45, 2.75) is 6.36 Å². The summed E-state index contributed by atoms with van der Waals surface area (Å²) < 4.78 is 54.5. The lowest BCUT2D eigenvalue weighted by Crippen LogP contribution is -2.26. The average Bonchev–Trinajstić information content (AvgIpc) is 3.25. The number of anilines is 1. The molecule has 0 radical (unpaired) electrons. The molecule has 2 N–H and O–H groups in total. The minimum Gasteiger partial charge on any atom is -0.510 e. The molecule has 0 fully saturated rings. The van der Waals surface area contributed by atoms with Crippen molar-refractivity contribution in [2.75, 3.05) is 11.4 Å². The third kappa shape index (κ3) is 3.99. The molecular weight excluding hydrogens is 422 g/mol. The van der Waals surface area contributed by atoms with Crippen LogP contribution in [0.3, 0.4) is 0 Å². The molecule has 0 spiro atoms. The van der Waals surface area contributed by atoms with E-state index in [9.17, 15) is 22.7 Å². The fraction of sp³-hybridized carbons (Fsp3) is 0.100. The Morgan fingerprint density at radius 2 is 1.87 bits per heavy atom. The second-order valence-corrected chi connectivity index (χ2v) is 7.20. The Balaban J connectivity index is 1.59. The number of nitrogens with zero attached hydrogens (tertiary/aromatic N) is 2. The van der Waals surface area contributed by atoms with E-state index in [0.717, 1.165) is 12.1 Å². The van der Waals surface area contributed by atoms with Crippen molar-refractivity contribution in [3.8, 4) is 17.0 Å². The maximum Gasteiger partial charge on any atom is 0.573 e. The van der Waals surface area contributed by atoms with Crippen LogP contribution < -0.4 is 9.64 Å². The smallest absolute Gasteiger partial charge is 0.510 e. The first-order valence-electron chi connectivity index (χ1n) is 8.57. The summed E-state index contributed by atoms with van der Waals surface area (Å²) in [5.74, 6) is -1.02. The van der Waals surface area contributed by atoms with Gasteiger partial charge in [-0.3, -0.25) is 5.41 Å². The van der Waals surface area contributed by atoms with Crippen molar-refractivity contribution in [3.05, 3.63) is 70.5 Å². The van der Waals surface area contributed by atoms with Gasteiger partial charge in [-0.05, 0) is 36.4 Å². The molecule has 4 rings (SSSR count). The number of ether oxygens (including phenoxy) is 1. The molecule has 3 aromatic rings. The van der Waals surface area contributed by atoms with Gasteiger partial charge < -0.3 is 14.7 Å². The topological polar surface area (TPSA) is 69.4 Å². The van der Waals surface area contributed by atoms with Crippen molar-refractivity contribution in [3.63, 3.8) is 0 Å². The zero-order valence-corrected chi connectivity index (χ0v) is 15.9. The van der Waals surface area contributed by atoms with Crippen LogP contribution in [0.25, 0.3) is 16.8 Å². The maximum atomic E-state index is 13.1. The van der Waals surface area contributed by atoms with Crippen molar-refractivity contribution in [2.24, 2.45) is 0 Å². The minimum absolute atomic E-state index is 0.0882. The molecule has 0 saturated carbocycles. The fourth-order valence-corrected chi connectivity index (χ4v) is 3.91. The van der Waals surface area contributed by atoms with E-state index in [4.69, 9.17) is 5.41 Å². The lowest BCUT2D eigenvalue weighted by atomic mass is 10.2. The SMILES string of the molecule is N=C1C(c2nc(-c3ccc(F)cc3)cs2)=C(O)CN1c1cccc(OC(F)(F)F)c1. The monoisotopic (exact) mass is 435 g/mol. The third-order valence-corrected chi connectivity index (χ3v) is 5.18. The van der Waals surface area contributed by atoms with E-state index in [1.54, 1.807) is 17.5 Å². The number of nitrogens with one attached hydrogen (secondary N) is 1. The van der Waals surface area contributed by atoms with E-state index >= 15 is 0 Å². The van der Waals surface area contributed by atoms with Crippen molar-refractivity contribution in [1.82, 2.24) is 4.98 Å². The zero-order valence-electron chi connectivity index (χ0n) is 15.1. The number of amidine groups is 1. The Bertz CT molecular complexity index is 1140. The molecule has 1 aromatic heterocycles. The first-order chi connectivity index (χ1) is 14.2. The predicted octanol–water partition coefficient (Wildman–Crippen LogP) is 5.61. The van der Waals surface area contributed by atoms with Gasteiger partial charge in [0.25, 0.3) is 0 Å². The molecule has 5 nitrogen and oxygen atoms in total. The summed E-state index contributed by atoms with van der Waals surface area (Å²) in [5.41, 5.74) is 1.69. The van der Waals surface area contributed by atoms with Gasteiger partial charge >= 0.3 is 6.36 Å². The van der Waals surface area contributed by atoms with Crippen LogP contribution >= 0.6 is 11.3 Å². The lowest BCUT2D eigenvalue weighted by Gasteiger charge is -2.19. The average molecular weight is 435 g/mol. The molecule has 2 aromatic carbocycles. The molecule has 1 aliphatic rings. The van der Waals surface area contributed by atoms with Gasteiger partial charge in [0.05, 0.1) is 17.8 Å². The molecule has 10 heteroatoms. The van der Waals surface area contributed by atoms with E-state index in [0.29, 0.717) is 16.3 Å². The largest absolute Gasteiger partial charge is 0.573 e. The Morgan fingerprint density at radius 3 is 2.57 bits per heavy atom. The van der Waals surface area contributed by atoms with Crippen molar-refractivity contribution < 1.29 is 27.4 Å². The minimum atomic E-state index is -4.83. The van der Waals surface area contributed by atoms with E-state index in [-0.39, 0.29) is 35.2 Å². The first-order valence-corrected chi connectivity index (χ1v) is 9.45. The molecule has 0 bridgehead atoms. The van der Waals surface area contributed by atoms with Gasteiger partial charge in [0.2, 0.25) is 0 Å². The number of benzene rings is 2. The lowest BCUT2D eigenvalue weighted by molar-refractivity contribution is -0.274. The first kappa shape index (κ1) is 19.9. The molecule has 0 aliphatic carbocycles. The summed E-state index contributed by atoms with van der Waals surface area (Å²) >= 11 is 1.20. The van der Waals surface area contributed by atoms with E-state index in [1.807, 2.05) is 0 Å². The highest BCUT2D eigenvalue weighted by atomic mass is 32.1. The summed E-state index contributed by atoms with van der Waals surface area (Å²) in [6.07, 6.45) is -4.83. The Morgan fingerprint density at radius 1 is 1.13 bits per heavy atom. The van der Waals surface area contributed by atoms with Crippen LogP contribution in [0.4, 0.5) is 23.2 Å². The molecule has 0 amide bonds. The van der Waals surface area contributed by atoms with Gasteiger partial charge in [0.1, 0.15) is 28.2 Å². The quantitative estimate of drug-likeness (QED) is 0.523. The maximum absolute atomic E-state index is 13.1. The number of aromatic nitrogens is 1. The zero-order chi connectivity index (χ0) is 21.5. The Kier molecular flexibility index (Phi) is 4.94. The summed E-state index contributed by atoms with van der Waals surface area (Å²) in [6.45, 7) is -0.0882. The number of halogens is 4. The van der Waals surface area contributed by atoms with Crippen LogP contribution in [0.2, 0.25) is 0 Å². The molecule has 2 heterocycles. The number of hydrogen-bond donors (Lipinski definition) is 2. The predicted molar refractivity (Wildman–Crippen MR) is 105 cm³/mol. The van der Waals surface area contributed by atoms with Crippen LogP contribution in [0, 0.1) is 11.2 Å². The molecule has 1 aliphatic heterocycles. The summed E-state index contributed by atoms with van der Waals surface area (Å²) in [4.78, 5) is 5.78. The highest BCUT2D eigenvalue weighted by Crippen LogP contribution is 2.36. The number of aliphatic hydroxyl groups excluding tert-OH is 1. The highest BCUT2D eigenvalue weighted by Gasteiger charge is 2.33. The number of thiazole rings is 1. The summed E-state index contributed by atoms with van der Waals surface area (Å²) in [5, 5.41) is 20.9. The van der Waals surface area contributed by atoms with E-state index < -0.39 is 12.1 Å². The van der Waals surface area contributed by atoms with Crippen LogP contribution in [0.15, 0.2) is 59.7 Å². The normalized spacial score (nSPS) is 14.5. The Labute approximate surface area is 172 Å². The molecule has 0 saturated heterocycles. The number of alkyl halides is 3. The van der Waals surface area contributed by atoms with E-state index in [2.05, 4.69) is 9.72 Å². The van der Waals surface area contributed by atoms with Crippen molar-refractivity contribution >= 4 is 28.4 Å². The highest BCUT2D eigenvalue weighted by molar-refractivity contribution is 7.11. The van der Waals surface area contributed by atoms with Gasteiger partial charge in [0, 0.05) is 22.7 Å². The standard InChI is InChI=1S/C20H13F4N3O2S/c21-12-6-4-11(5-7-12)15-10-30-19(26-15)17-16(28)9-27(18(17)25)13-2-1-3-14(8-13)29-20(22,23)24/h1-8,10,25,28H,9H2. The number of rotatable bonds is 4.